The van der Waals surface area contributed by atoms with Crippen molar-refractivity contribution in [1.82, 2.24) is 10.1 Å². The first-order valence-corrected chi connectivity index (χ1v) is 8.54. The number of carbonyl (C=O) groups excluding carboxylic acids is 1. The van der Waals surface area contributed by atoms with Crippen LogP contribution in [0, 0.1) is 6.92 Å². The molecule has 0 aliphatic heterocycles. The topological polar surface area (TPSA) is 65.2 Å². The van der Waals surface area contributed by atoms with Gasteiger partial charge in [0, 0.05) is 18.1 Å². The molecule has 0 amide bonds. The maximum absolute atomic E-state index is 12.6. The lowest BCUT2D eigenvalue weighted by atomic mass is 9.86. The van der Waals surface area contributed by atoms with E-state index in [0.717, 1.165) is 40.9 Å². The van der Waals surface area contributed by atoms with E-state index in [4.69, 9.17) is 9.26 Å². The van der Waals surface area contributed by atoms with Crippen molar-refractivity contribution in [2.75, 3.05) is 0 Å². The Morgan fingerprint density at radius 3 is 2.69 bits per heavy atom. The smallest absolute Gasteiger partial charge is 0.223 e. The van der Waals surface area contributed by atoms with E-state index < -0.39 is 0 Å². The van der Waals surface area contributed by atoms with Gasteiger partial charge in [0.25, 0.3) is 0 Å². The molecule has 0 atom stereocenters. The van der Waals surface area contributed by atoms with Crippen molar-refractivity contribution >= 4 is 11.9 Å². The SMILES string of the molecule is Cc1nc(COc2ccc(C=C3CCc4ccccc4C3=O)cc2)no1. The number of rotatable bonds is 4. The van der Waals surface area contributed by atoms with E-state index in [1.165, 1.54) is 0 Å². The monoisotopic (exact) mass is 346 g/mol. The van der Waals surface area contributed by atoms with E-state index in [1.54, 1.807) is 6.92 Å². The molecule has 1 aromatic heterocycles. The minimum atomic E-state index is 0.125. The van der Waals surface area contributed by atoms with Gasteiger partial charge >= 0.3 is 0 Å². The summed E-state index contributed by atoms with van der Waals surface area (Å²) in [5, 5.41) is 3.79. The van der Waals surface area contributed by atoms with Gasteiger partial charge in [-0.05, 0) is 42.2 Å². The average Bonchev–Trinajstić information content (AvgIpc) is 3.09. The fourth-order valence-electron chi connectivity index (χ4n) is 3.06. The number of fused-ring (bicyclic) bond motifs is 1. The van der Waals surface area contributed by atoms with Crippen molar-refractivity contribution < 1.29 is 14.1 Å². The third kappa shape index (κ3) is 3.42. The Morgan fingerprint density at radius 2 is 1.92 bits per heavy atom. The van der Waals surface area contributed by atoms with Crippen LogP contribution >= 0.6 is 0 Å². The Kier molecular flexibility index (Phi) is 4.35. The number of aromatic nitrogens is 2. The van der Waals surface area contributed by atoms with Crippen LogP contribution in [0.1, 0.15) is 39.6 Å². The van der Waals surface area contributed by atoms with Gasteiger partial charge in [0.15, 0.2) is 12.4 Å². The molecule has 3 aromatic rings. The van der Waals surface area contributed by atoms with Crippen LogP contribution in [0.4, 0.5) is 0 Å². The highest BCUT2D eigenvalue weighted by molar-refractivity contribution is 6.13. The summed E-state index contributed by atoms with van der Waals surface area (Å²) in [6, 6.07) is 15.5. The summed E-state index contributed by atoms with van der Waals surface area (Å²) < 4.78 is 10.6. The van der Waals surface area contributed by atoms with Crippen molar-refractivity contribution in [3.8, 4) is 5.75 Å². The first-order chi connectivity index (χ1) is 12.7. The van der Waals surface area contributed by atoms with Gasteiger partial charge in [-0.3, -0.25) is 4.79 Å². The van der Waals surface area contributed by atoms with E-state index in [9.17, 15) is 4.79 Å². The van der Waals surface area contributed by atoms with Gasteiger partial charge < -0.3 is 9.26 Å². The summed E-state index contributed by atoms with van der Waals surface area (Å²) in [5.74, 6) is 1.87. The quantitative estimate of drug-likeness (QED) is 0.663. The lowest BCUT2D eigenvalue weighted by molar-refractivity contribution is 0.102. The van der Waals surface area contributed by atoms with Gasteiger partial charge in [-0.15, -0.1) is 0 Å². The maximum atomic E-state index is 12.6. The van der Waals surface area contributed by atoms with Crippen molar-refractivity contribution in [2.45, 2.75) is 26.4 Å². The Morgan fingerprint density at radius 1 is 1.12 bits per heavy atom. The number of ether oxygens (including phenoxy) is 1. The molecule has 2 aromatic carbocycles. The minimum absolute atomic E-state index is 0.125. The summed E-state index contributed by atoms with van der Waals surface area (Å²) >= 11 is 0. The van der Waals surface area contributed by atoms with E-state index in [1.807, 2.05) is 54.6 Å². The molecule has 0 saturated heterocycles. The average molecular weight is 346 g/mol. The molecule has 5 heteroatoms. The van der Waals surface area contributed by atoms with E-state index in [-0.39, 0.29) is 12.4 Å². The number of Topliss-reactive ketones (excluding diaryl/α,β-unsaturated/α-hetero) is 1. The summed E-state index contributed by atoms with van der Waals surface area (Å²) in [5.41, 5.74) is 3.78. The normalized spacial score (nSPS) is 15.1. The number of hydrogen-bond acceptors (Lipinski definition) is 5. The lowest BCUT2D eigenvalue weighted by Gasteiger charge is -2.17. The molecule has 0 radical (unpaired) electrons. The van der Waals surface area contributed by atoms with Gasteiger partial charge in [0.1, 0.15) is 5.75 Å². The van der Waals surface area contributed by atoms with Gasteiger partial charge in [-0.1, -0.05) is 41.6 Å². The second kappa shape index (κ2) is 6.96. The van der Waals surface area contributed by atoms with Crippen LogP contribution in [0.3, 0.4) is 0 Å². The molecular weight excluding hydrogens is 328 g/mol. The second-order valence-electron chi connectivity index (χ2n) is 6.24. The van der Waals surface area contributed by atoms with Gasteiger partial charge in [-0.25, -0.2) is 0 Å². The van der Waals surface area contributed by atoms with Gasteiger partial charge in [-0.2, -0.15) is 4.98 Å². The predicted molar refractivity (Wildman–Crippen MR) is 96.9 cm³/mol. The molecule has 0 saturated carbocycles. The Hall–Kier alpha value is -3.21. The molecule has 0 N–H and O–H groups in total. The zero-order chi connectivity index (χ0) is 17.9. The van der Waals surface area contributed by atoms with Crippen LogP contribution in [-0.2, 0) is 13.0 Å². The summed E-state index contributed by atoms with van der Waals surface area (Å²) in [4.78, 5) is 16.7. The van der Waals surface area contributed by atoms with Crippen molar-refractivity contribution in [3.63, 3.8) is 0 Å². The standard InChI is InChI=1S/C21H18N2O3/c1-14-22-20(23-26-14)13-25-18-10-6-15(7-11-18)12-17-9-8-16-4-2-3-5-19(16)21(17)24/h2-7,10-12H,8-9,13H2,1H3. The molecule has 1 heterocycles. The Labute approximate surface area is 151 Å². The molecule has 0 fully saturated rings. The lowest BCUT2D eigenvalue weighted by Crippen LogP contribution is -2.13. The van der Waals surface area contributed by atoms with Gasteiger partial charge in [0.05, 0.1) is 0 Å². The van der Waals surface area contributed by atoms with Crippen LogP contribution in [0.25, 0.3) is 6.08 Å². The molecule has 0 bridgehead atoms. The van der Waals surface area contributed by atoms with Crippen molar-refractivity contribution in [1.29, 1.82) is 0 Å². The molecule has 26 heavy (non-hydrogen) atoms. The number of aryl methyl sites for hydroxylation is 2. The minimum Gasteiger partial charge on any atom is -0.485 e. The summed E-state index contributed by atoms with van der Waals surface area (Å²) in [6.07, 6.45) is 3.63. The highest BCUT2D eigenvalue weighted by Crippen LogP contribution is 2.27. The highest BCUT2D eigenvalue weighted by atomic mass is 16.5. The van der Waals surface area contributed by atoms with Crippen LogP contribution < -0.4 is 4.74 Å². The number of nitrogens with zero attached hydrogens (tertiary/aromatic N) is 2. The van der Waals surface area contributed by atoms with Crippen LogP contribution in [0.2, 0.25) is 0 Å². The number of benzene rings is 2. The van der Waals surface area contributed by atoms with Crippen LogP contribution in [0.5, 0.6) is 5.75 Å². The zero-order valence-electron chi connectivity index (χ0n) is 14.4. The Bertz CT molecular complexity index is 971. The van der Waals surface area contributed by atoms with E-state index in [0.29, 0.717) is 11.7 Å². The van der Waals surface area contributed by atoms with Gasteiger partial charge in [0.2, 0.25) is 11.7 Å². The Balaban J connectivity index is 1.45. The summed E-state index contributed by atoms with van der Waals surface area (Å²) in [7, 11) is 0. The molecule has 0 spiro atoms. The first-order valence-electron chi connectivity index (χ1n) is 8.54. The number of ketones is 1. The third-order valence-electron chi connectivity index (χ3n) is 4.38. The fourth-order valence-corrected chi connectivity index (χ4v) is 3.06. The second-order valence-corrected chi connectivity index (χ2v) is 6.24. The number of allylic oxidation sites excluding steroid dienone is 1. The van der Waals surface area contributed by atoms with E-state index in [2.05, 4.69) is 10.1 Å². The molecule has 1 aliphatic carbocycles. The molecular formula is C21H18N2O3. The molecule has 130 valence electrons. The summed E-state index contributed by atoms with van der Waals surface area (Å²) in [6.45, 7) is 2.00. The van der Waals surface area contributed by atoms with Crippen molar-refractivity contribution in [3.05, 3.63) is 82.5 Å². The largest absolute Gasteiger partial charge is 0.485 e. The molecule has 4 rings (SSSR count). The maximum Gasteiger partial charge on any atom is 0.223 e. The first kappa shape index (κ1) is 16.3. The molecule has 1 aliphatic rings. The van der Waals surface area contributed by atoms with Crippen molar-refractivity contribution in [2.24, 2.45) is 0 Å². The zero-order valence-corrected chi connectivity index (χ0v) is 14.4. The van der Waals surface area contributed by atoms with Crippen LogP contribution in [-0.4, -0.2) is 15.9 Å². The molecule has 0 unspecified atom stereocenters. The third-order valence-corrected chi connectivity index (χ3v) is 4.38. The highest BCUT2D eigenvalue weighted by Gasteiger charge is 2.21. The van der Waals surface area contributed by atoms with E-state index >= 15 is 0 Å². The predicted octanol–water partition coefficient (Wildman–Crippen LogP) is 4.17. The molecule has 5 nitrogen and oxygen atoms in total. The number of carbonyl (C=O) groups is 1. The number of hydrogen-bond donors (Lipinski definition) is 0. The van der Waals surface area contributed by atoms with Crippen LogP contribution in [0.15, 0.2) is 58.6 Å². The fraction of sp³-hybridized carbons (Fsp3) is 0.190.